The van der Waals surface area contributed by atoms with Gasteiger partial charge in [-0.05, 0) is 38.5 Å². The number of aliphatic hydroxyl groups is 1. The molecule has 2 N–H and O–H groups in total. The van der Waals surface area contributed by atoms with E-state index in [0.29, 0.717) is 13.1 Å². The summed E-state index contributed by atoms with van der Waals surface area (Å²) in [6.45, 7) is 8.54. The fraction of sp³-hybridized carbons (Fsp3) is 0.571. The number of hydrogen-bond donors (Lipinski definition) is 2. The van der Waals surface area contributed by atoms with Crippen LogP contribution in [-0.2, 0) is 0 Å². The molecule has 0 aromatic heterocycles. The molecular formula is C14H21ClN2O. The molecule has 1 saturated heterocycles. The number of nitrogens with one attached hydrogen (secondary N) is 1. The molecule has 4 heteroatoms. The molecule has 0 bridgehead atoms. The number of halogens is 1. The molecule has 1 aromatic carbocycles. The van der Waals surface area contributed by atoms with Gasteiger partial charge in [0.05, 0.1) is 6.10 Å². The Balaban J connectivity index is 2.41. The molecule has 0 saturated carbocycles. The van der Waals surface area contributed by atoms with E-state index < -0.39 is 0 Å². The van der Waals surface area contributed by atoms with Gasteiger partial charge in [-0.2, -0.15) is 0 Å². The predicted octanol–water partition coefficient (Wildman–Crippen LogP) is 2.20. The summed E-state index contributed by atoms with van der Waals surface area (Å²) in [6.07, 6.45) is -0.356. The third-order valence-corrected chi connectivity index (χ3v) is 3.76. The third-order valence-electron chi connectivity index (χ3n) is 3.52. The van der Waals surface area contributed by atoms with E-state index in [9.17, 15) is 5.11 Å². The first kappa shape index (κ1) is 13.7. The van der Waals surface area contributed by atoms with Crippen molar-refractivity contribution in [2.24, 2.45) is 0 Å². The van der Waals surface area contributed by atoms with Gasteiger partial charge in [0.25, 0.3) is 0 Å². The minimum absolute atomic E-state index is 0.0487. The van der Waals surface area contributed by atoms with Crippen LogP contribution in [0.1, 0.15) is 19.4 Å². The molecule has 1 aliphatic rings. The summed E-state index contributed by atoms with van der Waals surface area (Å²) in [5, 5.41) is 14.0. The Morgan fingerprint density at radius 3 is 2.89 bits per heavy atom. The lowest BCUT2D eigenvalue weighted by Crippen LogP contribution is -2.49. The van der Waals surface area contributed by atoms with Crippen molar-refractivity contribution >= 4 is 17.3 Å². The molecule has 1 aromatic rings. The van der Waals surface area contributed by atoms with Gasteiger partial charge in [-0.25, -0.2) is 0 Å². The van der Waals surface area contributed by atoms with Gasteiger partial charge in [0.2, 0.25) is 0 Å². The van der Waals surface area contributed by atoms with Gasteiger partial charge in [0, 0.05) is 35.9 Å². The van der Waals surface area contributed by atoms with Crippen LogP contribution in [0.25, 0.3) is 0 Å². The van der Waals surface area contributed by atoms with Crippen LogP contribution < -0.4 is 10.2 Å². The van der Waals surface area contributed by atoms with E-state index in [-0.39, 0.29) is 11.6 Å². The Kier molecular flexibility index (Phi) is 3.85. The molecule has 0 radical (unpaired) electrons. The van der Waals surface area contributed by atoms with Gasteiger partial charge in [0.15, 0.2) is 0 Å². The number of anilines is 1. The van der Waals surface area contributed by atoms with Crippen LogP contribution in [0.15, 0.2) is 18.2 Å². The number of hydrogen-bond acceptors (Lipinski definition) is 3. The van der Waals surface area contributed by atoms with Crippen LogP contribution in [0.5, 0.6) is 0 Å². The smallest absolute Gasteiger partial charge is 0.0839 e. The summed E-state index contributed by atoms with van der Waals surface area (Å²) in [4.78, 5) is 2.25. The number of aliphatic hydroxyl groups excluding tert-OH is 1. The second-order valence-corrected chi connectivity index (χ2v) is 6.08. The standard InChI is InChI=1S/C14H21ClN2O/c1-10-4-5-11(15)6-13(10)17-8-12(18)7-16-9-14(17,2)3/h4-6,12,16,18H,7-9H2,1-3H3. The Morgan fingerprint density at radius 2 is 2.17 bits per heavy atom. The van der Waals surface area contributed by atoms with E-state index in [1.165, 1.54) is 5.56 Å². The lowest BCUT2D eigenvalue weighted by molar-refractivity contribution is 0.183. The van der Waals surface area contributed by atoms with Crippen molar-refractivity contribution in [3.05, 3.63) is 28.8 Å². The molecule has 1 fully saturated rings. The van der Waals surface area contributed by atoms with E-state index in [2.05, 4.69) is 31.0 Å². The minimum atomic E-state index is -0.356. The maximum absolute atomic E-state index is 9.98. The fourth-order valence-corrected chi connectivity index (χ4v) is 2.63. The van der Waals surface area contributed by atoms with Crippen molar-refractivity contribution in [1.29, 1.82) is 0 Å². The first-order valence-electron chi connectivity index (χ1n) is 6.33. The Labute approximate surface area is 114 Å². The molecule has 0 aliphatic carbocycles. The number of nitrogens with zero attached hydrogens (tertiary/aromatic N) is 1. The summed E-state index contributed by atoms with van der Waals surface area (Å²) >= 11 is 6.10. The zero-order chi connectivity index (χ0) is 13.3. The van der Waals surface area contributed by atoms with Crippen LogP contribution in [0, 0.1) is 6.92 Å². The quantitative estimate of drug-likeness (QED) is 0.820. The van der Waals surface area contributed by atoms with Gasteiger partial charge in [-0.1, -0.05) is 17.7 Å². The fourth-order valence-electron chi connectivity index (χ4n) is 2.46. The van der Waals surface area contributed by atoms with Crippen molar-refractivity contribution < 1.29 is 5.11 Å². The van der Waals surface area contributed by atoms with E-state index in [0.717, 1.165) is 17.3 Å². The zero-order valence-corrected chi connectivity index (χ0v) is 12.0. The van der Waals surface area contributed by atoms with Crippen molar-refractivity contribution in [3.63, 3.8) is 0 Å². The van der Waals surface area contributed by atoms with Crippen LogP contribution in [0.3, 0.4) is 0 Å². The van der Waals surface area contributed by atoms with Gasteiger partial charge in [-0.15, -0.1) is 0 Å². The largest absolute Gasteiger partial charge is 0.390 e. The summed E-state index contributed by atoms with van der Waals surface area (Å²) in [5.41, 5.74) is 2.24. The average molecular weight is 269 g/mol. The highest BCUT2D eigenvalue weighted by molar-refractivity contribution is 6.30. The predicted molar refractivity (Wildman–Crippen MR) is 76.5 cm³/mol. The minimum Gasteiger partial charge on any atom is -0.390 e. The van der Waals surface area contributed by atoms with E-state index >= 15 is 0 Å². The molecule has 3 nitrogen and oxygen atoms in total. The van der Waals surface area contributed by atoms with Crippen molar-refractivity contribution in [2.75, 3.05) is 24.5 Å². The summed E-state index contributed by atoms with van der Waals surface area (Å²) < 4.78 is 0. The first-order chi connectivity index (χ1) is 8.40. The van der Waals surface area contributed by atoms with E-state index in [1.54, 1.807) is 0 Å². The number of rotatable bonds is 1. The molecule has 1 atom stereocenters. The average Bonchev–Trinajstić information content (AvgIpc) is 2.41. The van der Waals surface area contributed by atoms with Crippen LogP contribution in [0.4, 0.5) is 5.69 Å². The summed E-state index contributed by atoms with van der Waals surface area (Å²) in [5.74, 6) is 0. The zero-order valence-electron chi connectivity index (χ0n) is 11.2. The topological polar surface area (TPSA) is 35.5 Å². The van der Waals surface area contributed by atoms with E-state index in [4.69, 9.17) is 11.6 Å². The van der Waals surface area contributed by atoms with Gasteiger partial charge in [0.1, 0.15) is 0 Å². The maximum Gasteiger partial charge on any atom is 0.0839 e. The normalized spacial score (nSPS) is 23.8. The van der Waals surface area contributed by atoms with Crippen LogP contribution in [-0.4, -0.2) is 36.4 Å². The van der Waals surface area contributed by atoms with E-state index in [1.807, 2.05) is 18.2 Å². The third kappa shape index (κ3) is 2.79. The molecular weight excluding hydrogens is 248 g/mol. The van der Waals surface area contributed by atoms with Crippen LogP contribution >= 0.6 is 11.6 Å². The molecule has 18 heavy (non-hydrogen) atoms. The second kappa shape index (κ2) is 5.08. The highest BCUT2D eigenvalue weighted by atomic mass is 35.5. The Hall–Kier alpha value is -0.770. The molecule has 2 rings (SSSR count). The highest BCUT2D eigenvalue weighted by Crippen LogP contribution is 2.30. The number of benzene rings is 1. The molecule has 100 valence electrons. The van der Waals surface area contributed by atoms with Crippen molar-refractivity contribution in [2.45, 2.75) is 32.4 Å². The summed E-state index contributed by atoms with van der Waals surface area (Å²) in [7, 11) is 0. The molecule has 0 spiro atoms. The van der Waals surface area contributed by atoms with Gasteiger partial charge >= 0.3 is 0 Å². The van der Waals surface area contributed by atoms with Crippen molar-refractivity contribution in [1.82, 2.24) is 5.32 Å². The van der Waals surface area contributed by atoms with Gasteiger partial charge < -0.3 is 15.3 Å². The SMILES string of the molecule is Cc1ccc(Cl)cc1N1CC(O)CNCC1(C)C. The maximum atomic E-state index is 9.98. The monoisotopic (exact) mass is 268 g/mol. The Morgan fingerprint density at radius 1 is 1.44 bits per heavy atom. The van der Waals surface area contributed by atoms with Gasteiger partial charge in [-0.3, -0.25) is 0 Å². The second-order valence-electron chi connectivity index (χ2n) is 5.64. The summed E-state index contributed by atoms with van der Waals surface area (Å²) in [6, 6.07) is 5.91. The van der Waals surface area contributed by atoms with Crippen molar-refractivity contribution in [3.8, 4) is 0 Å². The molecule has 1 heterocycles. The Bertz CT molecular complexity index is 434. The molecule has 1 aliphatic heterocycles. The lowest BCUT2D eigenvalue weighted by atomic mass is 10.0. The first-order valence-corrected chi connectivity index (χ1v) is 6.70. The lowest BCUT2D eigenvalue weighted by Gasteiger charge is -2.40. The number of aryl methyl sites for hydroxylation is 1. The molecule has 0 amide bonds. The number of β-amino-alcohol motifs (C(OH)–C–C–N with tert-alkyl or cyclic N) is 1. The van der Waals surface area contributed by atoms with Crippen LogP contribution in [0.2, 0.25) is 5.02 Å². The highest BCUT2D eigenvalue weighted by Gasteiger charge is 2.32. The molecule has 1 unspecified atom stereocenters.